The standard InChI is InChI=1S/C30H23Cl2F3N2O/c1-18-6-7-19(2)22(14-18)17-38-24-12-9-20(10-13-24)29-25-4-3-5-26(30(33,34)35)28(25)36-37(29)16-21-8-11-23(31)15-27(21)32/h3-15H,16-17H2,1-2H3. The summed E-state index contributed by atoms with van der Waals surface area (Å²) in [6.45, 7) is 4.65. The van der Waals surface area contributed by atoms with E-state index >= 15 is 0 Å². The molecule has 1 aromatic heterocycles. The van der Waals surface area contributed by atoms with E-state index in [2.05, 4.69) is 23.3 Å². The Bertz CT molecular complexity index is 1630. The lowest BCUT2D eigenvalue weighted by Gasteiger charge is -2.12. The van der Waals surface area contributed by atoms with Crippen molar-refractivity contribution in [2.45, 2.75) is 33.2 Å². The number of hydrogen-bond donors (Lipinski definition) is 0. The van der Waals surface area contributed by atoms with Crippen molar-refractivity contribution in [3.05, 3.63) is 117 Å². The fourth-order valence-electron chi connectivity index (χ4n) is 4.44. The number of benzene rings is 4. The van der Waals surface area contributed by atoms with E-state index < -0.39 is 11.7 Å². The summed E-state index contributed by atoms with van der Waals surface area (Å²) in [5, 5.41) is 5.69. The van der Waals surface area contributed by atoms with E-state index in [-0.39, 0.29) is 12.1 Å². The normalized spacial score (nSPS) is 11.8. The van der Waals surface area contributed by atoms with Gasteiger partial charge < -0.3 is 4.74 Å². The van der Waals surface area contributed by atoms with E-state index in [1.165, 1.54) is 6.07 Å². The summed E-state index contributed by atoms with van der Waals surface area (Å²) in [6.07, 6.45) is -4.54. The third-order valence-electron chi connectivity index (χ3n) is 6.44. The number of alkyl halides is 3. The van der Waals surface area contributed by atoms with Crippen LogP contribution in [0.15, 0.2) is 78.9 Å². The molecule has 5 rings (SSSR count). The lowest BCUT2D eigenvalue weighted by Crippen LogP contribution is -2.07. The summed E-state index contributed by atoms with van der Waals surface area (Å²) in [7, 11) is 0. The zero-order valence-corrected chi connectivity index (χ0v) is 22.1. The molecule has 0 aliphatic rings. The molecule has 0 atom stereocenters. The molecule has 0 fully saturated rings. The molecule has 3 nitrogen and oxygen atoms in total. The van der Waals surface area contributed by atoms with Crippen molar-refractivity contribution in [1.29, 1.82) is 0 Å². The van der Waals surface area contributed by atoms with Gasteiger partial charge in [0.1, 0.15) is 17.9 Å². The van der Waals surface area contributed by atoms with Crippen LogP contribution in [0.3, 0.4) is 0 Å². The molecule has 0 aliphatic carbocycles. The van der Waals surface area contributed by atoms with E-state index in [1.807, 2.05) is 38.1 Å². The van der Waals surface area contributed by atoms with Crippen LogP contribution in [-0.4, -0.2) is 9.78 Å². The van der Waals surface area contributed by atoms with E-state index in [1.54, 1.807) is 28.9 Å². The molecule has 0 N–H and O–H groups in total. The Hall–Kier alpha value is -3.48. The van der Waals surface area contributed by atoms with Gasteiger partial charge in [0.05, 0.1) is 17.8 Å². The molecule has 5 aromatic rings. The molecule has 1 heterocycles. The zero-order valence-electron chi connectivity index (χ0n) is 20.6. The first kappa shape index (κ1) is 26.1. The van der Waals surface area contributed by atoms with Crippen LogP contribution in [0.5, 0.6) is 5.75 Å². The first-order valence-corrected chi connectivity index (χ1v) is 12.7. The molecule has 0 spiro atoms. The Morgan fingerprint density at radius 3 is 2.34 bits per heavy atom. The van der Waals surface area contributed by atoms with Gasteiger partial charge >= 0.3 is 6.18 Å². The minimum absolute atomic E-state index is 0.115. The number of hydrogen-bond acceptors (Lipinski definition) is 2. The summed E-state index contributed by atoms with van der Waals surface area (Å²) < 4.78 is 49.0. The molecule has 0 amide bonds. The highest BCUT2D eigenvalue weighted by Crippen LogP contribution is 2.39. The van der Waals surface area contributed by atoms with E-state index in [4.69, 9.17) is 27.9 Å². The Kier molecular flexibility index (Phi) is 7.12. The van der Waals surface area contributed by atoms with Crippen LogP contribution >= 0.6 is 23.2 Å². The highest BCUT2D eigenvalue weighted by atomic mass is 35.5. The van der Waals surface area contributed by atoms with Crippen molar-refractivity contribution in [3.63, 3.8) is 0 Å². The average molecular weight is 555 g/mol. The van der Waals surface area contributed by atoms with Gasteiger partial charge in [-0.25, -0.2) is 0 Å². The quantitative estimate of drug-likeness (QED) is 0.209. The largest absolute Gasteiger partial charge is 0.489 e. The third kappa shape index (κ3) is 5.38. The molecular formula is C30H23Cl2F3N2O. The molecule has 0 radical (unpaired) electrons. The number of rotatable bonds is 6. The van der Waals surface area contributed by atoms with Crippen molar-refractivity contribution in [3.8, 4) is 17.0 Å². The van der Waals surface area contributed by atoms with Gasteiger partial charge in [0.15, 0.2) is 0 Å². The van der Waals surface area contributed by atoms with Gasteiger partial charge in [0.25, 0.3) is 0 Å². The Morgan fingerprint density at radius 2 is 1.63 bits per heavy atom. The number of aromatic nitrogens is 2. The molecule has 4 aromatic carbocycles. The monoisotopic (exact) mass is 554 g/mol. The lowest BCUT2D eigenvalue weighted by molar-refractivity contribution is -0.136. The third-order valence-corrected chi connectivity index (χ3v) is 7.02. The molecule has 8 heteroatoms. The fourth-order valence-corrected chi connectivity index (χ4v) is 4.91. The highest BCUT2D eigenvalue weighted by molar-refractivity contribution is 6.35. The number of fused-ring (bicyclic) bond motifs is 1. The topological polar surface area (TPSA) is 27.1 Å². The maximum Gasteiger partial charge on any atom is 0.418 e. The van der Waals surface area contributed by atoms with E-state index in [0.717, 1.165) is 22.8 Å². The van der Waals surface area contributed by atoms with Crippen LogP contribution in [0.1, 0.15) is 27.8 Å². The molecule has 0 unspecified atom stereocenters. The summed E-state index contributed by atoms with van der Waals surface area (Å²) in [6, 6.07) is 22.6. The molecular weight excluding hydrogens is 532 g/mol. The number of halogens is 5. The van der Waals surface area contributed by atoms with Crippen LogP contribution in [0.25, 0.3) is 22.2 Å². The van der Waals surface area contributed by atoms with Gasteiger partial charge in [0, 0.05) is 21.0 Å². The Morgan fingerprint density at radius 1 is 0.868 bits per heavy atom. The van der Waals surface area contributed by atoms with Gasteiger partial charge in [-0.1, -0.05) is 65.2 Å². The van der Waals surface area contributed by atoms with E-state index in [0.29, 0.717) is 44.6 Å². The van der Waals surface area contributed by atoms with Crippen molar-refractivity contribution in [1.82, 2.24) is 9.78 Å². The van der Waals surface area contributed by atoms with Crippen LogP contribution in [-0.2, 0) is 19.3 Å². The smallest absolute Gasteiger partial charge is 0.418 e. The predicted molar refractivity (Wildman–Crippen MR) is 146 cm³/mol. The minimum Gasteiger partial charge on any atom is -0.489 e. The second-order valence-electron chi connectivity index (χ2n) is 9.18. The SMILES string of the molecule is Cc1ccc(C)c(COc2ccc(-c3c4cccc(C(F)(F)F)c4nn3Cc3ccc(Cl)cc3Cl)cc2)c1. The van der Waals surface area contributed by atoms with Gasteiger partial charge in [-0.05, 0) is 73.0 Å². The second kappa shape index (κ2) is 10.4. The summed E-state index contributed by atoms with van der Waals surface area (Å²) >= 11 is 12.4. The van der Waals surface area contributed by atoms with Crippen LogP contribution in [0, 0.1) is 13.8 Å². The maximum atomic E-state index is 13.8. The van der Waals surface area contributed by atoms with Crippen LogP contribution < -0.4 is 4.74 Å². The molecule has 38 heavy (non-hydrogen) atoms. The van der Waals surface area contributed by atoms with Crippen molar-refractivity contribution in [2.75, 3.05) is 0 Å². The van der Waals surface area contributed by atoms with Crippen LogP contribution in [0.2, 0.25) is 10.0 Å². The van der Waals surface area contributed by atoms with Crippen LogP contribution in [0.4, 0.5) is 13.2 Å². The zero-order chi connectivity index (χ0) is 27.0. The Labute approximate surface area is 228 Å². The second-order valence-corrected chi connectivity index (χ2v) is 10.0. The molecule has 0 saturated heterocycles. The maximum absolute atomic E-state index is 13.8. The summed E-state index contributed by atoms with van der Waals surface area (Å²) in [5.41, 5.74) is 4.44. The summed E-state index contributed by atoms with van der Waals surface area (Å²) in [5.74, 6) is 0.654. The minimum atomic E-state index is -4.54. The fraction of sp³-hybridized carbons (Fsp3) is 0.167. The van der Waals surface area contributed by atoms with Crippen molar-refractivity contribution in [2.24, 2.45) is 0 Å². The van der Waals surface area contributed by atoms with Crippen molar-refractivity contribution >= 4 is 34.1 Å². The average Bonchev–Trinajstić information content (AvgIpc) is 3.24. The number of ether oxygens (including phenoxy) is 1. The Balaban J connectivity index is 1.54. The van der Waals surface area contributed by atoms with Gasteiger partial charge in [-0.15, -0.1) is 0 Å². The molecule has 194 valence electrons. The predicted octanol–water partition coefficient (Wildman–Crippen LogP) is 9.27. The number of aryl methyl sites for hydroxylation is 2. The first-order valence-electron chi connectivity index (χ1n) is 11.9. The first-order chi connectivity index (χ1) is 18.1. The highest BCUT2D eigenvalue weighted by Gasteiger charge is 2.34. The molecule has 0 saturated carbocycles. The van der Waals surface area contributed by atoms with Gasteiger partial charge in [0.2, 0.25) is 0 Å². The van der Waals surface area contributed by atoms with Gasteiger partial charge in [-0.3, -0.25) is 4.68 Å². The molecule has 0 bridgehead atoms. The van der Waals surface area contributed by atoms with Gasteiger partial charge in [-0.2, -0.15) is 18.3 Å². The lowest BCUT2D eigenvalue weighted by atomic mass is 10.0. The number of nitrogens with zero attached hydrogens (tertiary/aromatic N) is 2. The molecule has 0 aliphatic heterocycles. The van der Waals surface area contributed by atoms with Crippen molar-refractivity contribution < 1.29 is 17.9 Å². The van der Waals surface area contributed by atoms with E-state index in [9.17, 15) is 13.2 Å². The summed E-state index contributed by atoms with van der Waals surface area (Å²) in [4.78, 5) is 0.